The summed E-state index contributed by atoms with van der Waals surface area (Å²) in [6.07, 6.45) is 2.38. The molecule has 3 heteroatoms. The van der Waals surface area contributed by atoms with E-state index in [9.17, 15) is 0 Å². The summed E-state index contributed by atoms with van der Waals surface area (Å²) in [4.78, 5) is 6.74. The van der Waals surface area contributed by atoms with Gasteiger partial charge in [-0.2, -0.15) is 0 Å². The third-order valence-corrected chi connectivity index (χ3v) is 3.59. The summed E-state index contributed by atoms with van der Waals surface area (Å²) in [7, 11) is 0. The van der Waals surface area contributed by atoms with Crippen molar-refractivity contribution in [2.75, 3.05) is 13.1 Å². The van der Waals surface area contributed by atoms with Crippen molar-refractivity contribution in [1.29, 1.82) is 5.41 Å². The molecule has 0 unspecified atom stereocenters. The third-order valence-electron chi connectivity index (χ3n) is 3.59. The highest BCUT2D eigenvalue weighted by Gasteiger charge is 2.17. The number of fused-ring (bicyclic) bond motifs is 1. The summed E-state index contributed by atoms with van der Waals surface area (Å²) < 4.78 is 0. The number of nitrogens with zero attached hydrogens (tertiary/aromatic N) is 2. The van der Waals surface area contributed by atoms with Crippen LogP contribution in [0, 0.1) is 12.3 Å². The Morgan fingerprint density at radius 1 is 1.22 bits per heavy atom. The van der Waals surface area contributed by atoms with E-state index < -0.39 is 0 Å². The summed E-state index contributed by atoms with van der Waals surface area (Å²) in [5, 5.41) is 9.44. The normalized spacial score (nSPS) is 15.3. The van der Waals surface area contributed by atoms with Crippen LogP contribution in [0.3, 0.4) is 0 Å². The number of aryl methyl sites for hydroxylation is 1. The smallest absolute Gasteiger partial charge is 0.147 e. The molecule has 0 bridgehead atoms. The molecule has 0 aliphatic carbocycles. The number of rotatable bonds is 1. The molecule has 1 aliphatic rings. The van der Waals surface area contributed by atoms with Gasteiger partial charge < -0.3 is 4.90 Å². The van der Waals surface area contributed by atoms with Crippen molar-refractivity contribution in [3.63, 3.8) is 0 Å². The molecule has 1 fully saturated rings. The van der Waals surface area contributed by atoms with Gasteiger partial charge in [0.1, 0.15) is 11.5 Å². The van der Waals surface area contributed by atoms with Gasteiger partial charge in [-0.25, -0.2) is 4.98 Å². The minimum absolute atomic E-state index is 0.571. The van der Waals surface area contributed by atoms with Gasteiger partial charge in [-0.15, -0.1) is 0 Å². The van der Waals surface area contributed by atoms with Crippen molar-refractivity contribution >= 4 is 16.7 Å². The summed E-state index contributed by atoms with van der Waals surface area (Å²) in [5.74, 6) is 0.571. The summed E-state index contributed by atoms with van der Waals surface area (Å²) in [6, 6.07) is 10.2. The van der Waals surface area contributed by atoms with E-state index in [0.29, 0.717) is 5.84 Å². The molecular formula is C15H17N3. The minimum Gasteiger partial charge on any atom is -0.355 e. The molecule has 0 saturated carbocycles. The van der Waals surface area contributed by atoms with E-state index in [0.717, 1.165) is 24.3 Å². The lowest BCUT2D eigenvalue weighted by Gasteiger charge is -2.18. The Labute approximate surface area is 107 Å². The molecule has 0 radical (unpaired) electrons. The van der Waals surface area contributed by atoms with Gasteiger partial charge in [0, 0.05) is 18.5 Å². The fourth-order valence-corrected chi connectivity index (χ4v) is 2.57. The molecule has 92 valence electrons. The van der Waals surface area contributed by atoms with Crippen LogP contribution in [-0.4, -0.2) is 28.8 Å². The Kier molecular flexibility index (Phi) is 2.74. The Bertz CT molecular complexity index is 598. The Balaban J connectivity index is 2.04. The van der Waals surface area contributed by atoms with E-state index in [1.54, 1.807) is 0 Å². The maximum Gasteiger partial charge on any atom is 0.147 e. The number of amidine groups is 1. The maximum atomic E-state index is 8.26. The van der Waals surface area contributed by atoms with Gasteiger partial charge >= 0.3 is 0 Å². The van der Waals surface area contributed by atoms with E-state index in [-0.39, 0.29) is 0 Å². The first-order valence-corrected chi connectivity index (χ1v) is 6.46. The summed E-state index contributed by atoms with van der Waals surface area (Å²) in [5.41, 5.74) is 2.98. The molecule has 1 aromatic heterocycles. The molecule has 1 saturated heterocycles. The van der Waals surface area contributed by atoms with Gasteiger partial charge in [-0.05, 0) is 37.5 Å². The summed E-state index contributed by atoms with van der Waals surface area (Å²) >= 11 is 0. The van der Waals surface area contributed by atoms with Crippen molar-refractivity contribution in [2.24, 2.45) is 0 Å². The van der Waals surface area contributed by atoms with E-state index >= 15 is 0 Å². The quantitative estimate of drug-likeness (QED) is 0.614. The monoisotopic (exact) mass is 239 g/mol. The molecule has 2 heterocycles. The lowest BCUT2D eigenvalue weighted by molar-refractivity contribution is 0.515. The Hall–Kier alpha value is -1.90. The van der Waals surface area contributed by atoms with Crippen LogP contribution in [0.15, 0.2) is 30.3 Å². The second-order valence-electron chi connectivity index (χ2n) is 4.88. The van der Waals surface area contributed by atoms with E-state index in [2.05, 4.69) is 22.9 Å². The highest BCUT2D eigenvalue weighted by Crippen LogP contribution is 2.19. The molecule has 0 atom stereocenters. The first kappa shape index (κ1) is 11.2. The van der Waals surface area contributed by atoms with Crippen molar-refractivity contribution < 1.29 is 0 Å². The van der Waals surface area contributed by atoms with Crippen LogP contribution in [0.1, 0.15) is 24.1 Å². The van der Waals surface area contributed by atoms with Gasteiger partial charge in [-0.3, -0.25) is 5.41 Å². The van der Waals surface area contributed by atoms with Crippen molar-refractivity contribution in [3.8, 4) is 0 Å². The molecule has 3 rings (SSSR count). The van der Waals surface area contributed by atoms with Crippen molar-refractivity contribution in [3.05, 3.63) is 41.6 Å². The van der Waals surface area contributed by atoms with Crippen molar-refractivity contribution in [1.82, 2.24) is 9.88 Å². The Morgan fingerprint density at radius 3 is 2.72 bits per heavy atom. The topological polar surface area (TPSA) is 40.0 Å². The fourth-order valence-electron chi connectivity index (χ4n) is 2.57. The van der Waals surface area contributed by atoms with Gasteiger partial charge in [-0.1, -0.05) is 18.2 Å². The molecule has 1 aliphatic heterocycles. The number of hydrogen-bond donors (Lipinski definition) is 1. The lowest BCUT2D eigenvalue weighted by atomic mass is 10.1. The summed E-state index contributed by atoms with van der Waals surface area (Å²) in [6.45, 7) is 4.07. The zero-order chi connectivity index (χ0) is 12.5. The van der Waals surface area contributed by atoms with Crippen LogP contribution in [-0.2, 0) is 0 Å². The number of likely N-dealkylation sites (tertiary alicyclic amines) is 1. The number of aromatic nitrogens is 1. The van der Waals surface area contributed by atoms with Gasteiger partial charge in [0.05, 0.1) is 5.52 Å². The zero-order valence-corrected chi connectivity index (χ0v) is 10.6. The second kappa shape index (κ2) is 4.41. The van der Waals surface area contributed by atoms with Crippen LogP contribution in [0.25, 0.3) is 10.9 Å². The highest BCUT2D eigenvalue weighted by molar-refractivity contribution is 5.97. The first-order chi connectivity index (χ1) is 8.75. The van der Waals surface area contributed by atoms with Crippen LogP contribution >= 0.6 is 0 Å². The van der Waals surface area contributed by atoms with Crippen LogP contribution in [0.2, 0.25) is 0 Å². The predicted molar refractivity (Wildman–Crippen MR) is 74.1 cm³/mol. The molecule has 0 spiro atoms. The predicted octanol–water partition coefficient (Wildman–Crippen LogP) is 2.96. The van der Waals surface area contributed by atoms with Gasteiger partial charge in [0.25, 0.3) is 0 Å². The number of para-hydroxylation sites is 1. The van der Waals surface area contributed by atoms with Crippen LogP contribution < -0.4 is 0 Å². The maximum absolute atomic E-state index is 8.26. The standard InChI is InChI=1S/C15H17N3/c1-11-10-14(15(16)18-8-4-5-9-18)17-13-7-3-2-6-12(11)13/h2-3,6-7,10,16H,4-5,8-9H2,1H3. The van der Waals surface area contributed by atoms with E-state index in [1.165, 1.54) is 23.8 Å². The zero-order valence-electron chi connectivity index (χ0n) is 10.6. The largest absolute Gasteiger partial charge is 0.355 e. The minimum atomic E-state index is 0.571. The fraction of sp³-hybridized carbons (Fsp3) is 0.333. The molecule has 0 amide bonds. The lowest BCUT2D eigenvalue weighted by Crippen LogP contribution is -2.28. The van der Waals surface area contributed by atoms with Gasteiger partial charge in [0.15, 0.2) is 0 Å². The average Bonchev–Trinajstić information content (AvgIpc) is 2.91. The number of benzene rings is 1. The molecule has 18 heavy (non-hydrogen) atoms. The average molecular weight is 239 g/mol. The molecule has 2 aromatic rings. The first-order valence-electron chi connectivity index (χ1n) is 6.46. The molecular weight excluding hydrogens is 222 g/mol. The SMILES string of the molecule is Cc1cc(C(=N)N2CCCC2)nc2ccccc12. The van der Waals surface area contributed by atoms with Gasteiger partial charge in [0.2, 0.25) is 0 Å². The van der Waals surface area contributed by atoms with E-state index in [1.807, 2.05) is 24.3 Å². The molecule has 1 N–H and O–H groups in total. The van der Waals surface area contributed by atoms with Crippen molar-refractivity contribution in [2.45, 2.75) is 19.8 Å². The number of hydrogen-bond acceptors (Lipinski definition) is 2. The van der Waals surface area contributed by atoms with Crippen LogP contribution in [0.4, 0.5) is 0 Å². The van der Waals surface area contributed by atoms with Crippen LogP contribution in [0.5, 0.6) is 0 Å². The third kappa shape index (κ3) is 1.86. The number of pyridine rings is 1. The van der Waals surface area contributed by atoms with E-state index in [4.69, 9.17) is 5.41 Å². The Morgan fingerprint density at radius 2 is 1.94 bits per heavy atom. The number of nitrogens with one attached hydrogen (secondary N) is 1. The molecule has 1 aromatic carbocycles. The molecule has 3 nitrogen and oxygen atoms in total. The second-order valence-corrected chi connectivity index (χ2v) is 4.88. The highest BCUT2D eigenvalue weighted by atomic mass is 15.2.